The molecule has 0 unspecified atom stereocenters. The number of hydrogen-bond donors (Lipinski definition) is 0. The lowest BCUT2D eigenvalue weighted by Crippen LogP contribution is -2.00. The van der Waals surface area contributed by atoms with Crippen LogP contribution in [0.4, 0.5) is 0 Å². The molecule has 0 aliphatic heterocycles. The summed E-state index contributed by atoms with van der Waals surface area (Å²) in [6.07, 6.45) is 0. The van der Waals surface area contributed by atoms with Gasteiger partial charge in [-0.25, -0.2) is 15.0 Å². The van der Waals surface area contributed by atoms with Crippen molar-refractivity contribution in [3.8, 4) is 39.9 Å². The molecule has 0 fully saturated rings. The highest BCUT2D eigenvalue weighted by Crippen LogP contribution is 2.44. The van der Waals surface area contributed by atoms with Gasteiger partial charge in [0.15, 0.2) is 17.5 Å². The van der Waals surface area contributed by atoms with Gasteiger partial charge in [0, 0.05) is 59.8 Å². The first-order valence-corrected chi connectivity index (χ1v) is 21.2. The molecule has 0 saturated carbocycles. The Morgan fingerprint density at radius 2 is 0.889 bits per heavy atom. The normalized spacial score (nSPS) is 12.1. The van der Waals surface area contributed by atoms with Crippen molar-refractivity contribution >= 4 is 98.0 Å². The first kappa shape index (κ1) is 34.1. The minimum absolute atomic E-state index is 0.578. The van der Waals surface area contributed by atoms with Gasteiger partial charge in [0.2, 0.25) is 0 Å². The van der Waals surface area contributed by atoms with E-state index in [-0.39, 0.29) is 0 Å². The van der Waals surface area contributed by atoms with E-state index < -0.39 is 0 Å². The monoisotopic (exact) mass is 804 g/mol. The van der Waals surface area contributed by atoms with Crippen LogP contribution in [0.2, 0.25) is 0 Å². The van der Waals surface area contributed by atoms with E-state index in [1.165, 1.54) is 32.3 Å². The van der Waals surface area contributed by atoms with E-state index in [1.54, 1.807) is 0 Å². The molecule has 292 valence electrons. The minimum atomic E-state index is 0.578. The van der Waals surface area contributed by atoms with Crippen LogP contribution < -0.4 is 0 Å². The third kappa shape index (κ3) is 5.09. The predicted molar refractivity (Wildman–Crippen MR) is 258 cm³/mol. The zero-order chi connectivity index (χ0) is 41.2. The van der Waals surface area contributed by atoms with Gasteiger partial charge in [0.1, 0.15) is 22.3 Å². The predicted octanol–water partition coefficient (Wildman–Crippen LogP) is 15.2. The molecule has 0 aliphatic carbocycles. The number of furan rings is 2. The molecule has 0 amide bonds. The summed E-state index contributed by atoms with van der Waals surface area (Å²) in [4.78, 5) is 15.4. The molecule has 14 aromatic rings. The van der Waals surface area contributed by atoms with Crippen molar-refractivity contribution in [2.24, 2.45) is 0 Å². The van der Waals surface area contributed by atoms with Crippen molar-refractivity contribution in [2.75, 3.05) is 0 Å². The van der Waals surface area contributed by atoms with Gasteiger partial charge in [-0.3, -0.25) is 0 Å². The first-order chi connectivity index (χ1) is 31.2. The fraction of sp³-hybridized carbons (Fsp3) is 0. The zero-order valence-corrected chi connectivity index (χ0v) is 33.6. The van der Waals surface area contributed by atoms with Crippen LogP contribution in [0.1, 0.15) is 0 Å². The van der Waals surface area contributed by atoms with E-state index in [2.05, 4.69) is 132 Å². The maximum Gasteiger partial charge on any atom is 0.164 e. The summed E-state index contributed by atoms with van der Waals surface area (Å²) < 4.78 is 15.4. The second-order valence-corrected chi connectivity index (χ2v) is 16.3. The van der Waals surface area contributed by atoms with Crippen LogP contribution in [-0.2, 0) is 0 Å². The molecular weight excluding hydrogens is 773 g/mol. The molecule has 6 nitrogen and oxygen atoms in total. The van der Waals surface area contributed by atoms with Crippen LogP contribution in [0, 0.1) is 0 Å². The zero-order valence-electron chi connectivity index (χ0n) is 33.6. The van der Waals surface area contributed by atoms with Crippen LogP contribution in [0.15, 0.2) is 203 Å². The van der Waals surface area contributed by atoms with Crippen LogP contribution in [0.25, 0.3) is 138 Å². The SMILES string of the molecule is c1ccc(-c2nc(-c3ccc4oc5ccccc5c4c3)nc(-c3ccc4oc5c6ccccc6c(-n6c7cc8ccccc8cc7c7c8ccccc8ccc76)cc5c4c3)n2)cc1. The maximum atomic E-state index is 6.80. The summed E-state index contributed by atoms with van der Waals surface area (Å²) in [7, 11) is 0. The van der Waals surface area contributed by atoms with Crippen molar-refractivity contribution in [3.63, 3.8) is 0 Å². The minimum Gasteiger partial charge on any atom is -0.456 e. The lowest BCUT2D eigenvalue weighted by atomic mass is 10.0. The molecular formula is C57H32N4O2. The van der Waals surface area contributed by atoms with Gasteiger partial charge >= 0.3 is 0 Å². The Bertz CT molecular complexity index is 4220. The van der Waals surface area contributed by atoms with Gasteiger partial charge in [-0.15, -0.1) is 0 Å². The Labute approximate surface area is 358 Å². The number of hydrogen-bond acceptors (Lipinski definition) is 5. The lowest BCUT2D eigenvalue weighted by Gasteiger charge is -2.13. The highest BCUT2D eigenvalue weighted by Gasteiger charge is 2.22. The molecule has 14 rings (SSSR count). The maximum absolute atomic E-state index is 6.80. The Balaban J connectivity index is 1.02. The molecule has 0 saturated heterocycles. The highest BCUT2D eigenvalue weighted by atomic mass is 16.3. The van der Waals surface area contributed by atoms with Crippen molar-refractivity contribution in [1.82, 2.24) is 19.5 Å². The van der Waals surface area contributed by atoms with E-state index in [0.717, 1.165) is 88.1 Å². The second-order valence-electron chi connectivity index (χ2n) is 16.3. The second kappa shape index (κ2) is 12.9. The average molecular weight is 805 g/mol. The van der Waals surface area contributed by atoms with E-state index in [1.807, 2.05) is 66.7 Å². The van der Waals surface area contributed by atoms with Crippen LogP contribution >= 0.6 is 0 Å². The number of para-hydroxylation sites is 1. The molecule has 0 bridgehead atoms. The van der Waals surface area contributed by atoms with E-state index in [4.69, 9.17) is 23.8 Å². The van der Waals surface area contributed by atoms with Gasteiger partial charge in [-0.05, 0) is 88.3 Å². The van der Waals surface area contributed by atoms with E-state index >= 15 is 0 Å². The largest absolute Gasteiger partial charge is 0.456 e. The van der Waals surface area contributed by atoms with Gasteiger partial charge in [-0.2, -0.15) is 0 Å². The molecule has 10 aromatic carbocycles. The van der Waals surface area contributed by atoms with Gasteiger partial charge in [-0.1, -0.05) is 127 Å². The smallest absolute Gasteiger partial charge is 0.164 e. The molecule has 4 heterocycles. The van der Waals surface area contributed by atoms with Crippen molar-refractivity contribution in [1.29, 1.82) is 0 Å². The third-order valence-electron chi connectivity index (χ3n) is 12.8. The van der Waals surface area contributed by atoms with Crippen molar-refractivity contribution in [3.05, 3.63) is 194 Å². The summed E-state index contributed by atoms with van der Waals surface area (Å²) >= 11 is 0. The molecule has 0 radical (unpaired) electrons. The fourth-order valence-corrected chi connectivity index (χ4v) is 9.85. The van der Waals surface area contributed by atoms with Crippen LogP contribution in [0.3, 0.4) is 0 Å². The standard InChI is InChI=1S/C57H32N4O2/c1-2-13-34(14-3-1)55-58-56(37-23-26-51-43(29-37)41-19-10-11-21-50(41)62-51)60-57(59-55)38-24-27-52-44(30-38)45-32-49(40-18-8-9-20-42(40)54(45)63-52)61-47-25-22-33-12-6-7-17-39(33)53(47)46-28-35-15-4-5-16-36(35)31-48(46)61/h1-32H. The molecule has 0 N–H and O–H groups in total. The topological polar surface area (TPSA) is 69.9 Å². The summed E-state index contributed by atoms with van der Waals surface area (Å²) in [6, 6.07) is 68.1. The number of benzene rings is 10. The van der Waals surface area contributed by atoms with Gasteiger partial charge in [0.25, 0.3) is 0 Å². The quantitative estimate of drug-likeness (QED) is 0.177. The number of rotatable bonds is 4. The number of fused-ring (bicyclic) bond motifs is 14. The highest BCUT2D eigenvalue weighted by molar-refractivity contribution is 6.25. The summed E-state index contributed by atoms with van der Waals surface area (Å²) in [5.41, 5.74) is 9.38. The van der Waals surface area contributed by atoms with Crippen molar-refractivity contribution < 1.29 is 8.83 Å². The number of nitrogens with zero attached hydrogens (tertiary/aromatic N) is 4. The lowest BCUT2D eigenvalue weighted by molar-refractivity contribution is 0.669. The summed E-state index contributed by atoms with van der Waals surface area (Å²) in [5, 5.41) is 13.6. The Kier molecular flexibility index (Phi) is 7.02. The Morgan fingerprint density at radius 3 is 1.65 bits per heavy atom. The molecule has 6 heteroatoms. The van der Waals surface area contributed by atoms with Crippen molar-refractivity contribution in [2.45, 2.75) is 0 Å². The summed E-state index contributed by atoms with van der Waals surface area (Å²) in [6.45, 7) is 0. The Hall–Kier alpha value is -8.61. The number of aromatic nitrogens is 4. The van der Waals surface area contributed by atoms with Gasteiger partial charge < -0.3 is 13.4 Å². The summed E-state index contributed by atoms with van der Waals surface area (Å²) in [5.74, 6) is 1.77. The molecule has 0 atom stereocenters. The first-order valence-electron chi connectivity index (χ1n) is 21.2. The van der Waals surface area contributed by atoms with E-state index in [0.29, 0.717) is 17.5 Å². The fourth-order valence-electron chi connectivity index (χ4n) is 9.85. The molecule has 0 aliphatic rings. The van der Waals surface area contributed by atoms with Crippen LogP contribution in [0.5, 0.6) is 0 Å². The van der Waals surface area contributed by atoms with Crippen LogP contribution in [-0.4, -0.2) is 19.5 Å². The Morgan fingerprint density at radius 1 is 0.317 bits per heavy atom. The third-order valence-corrected chi connectivity index (χ3v) is 12.8. The molecule has 0 spiro atoms. The van der Waals surface area contributed by atoms with Gasteiger partial charge in [0.05, 0.1) is 16.7 Å². The average Bonchev–Trinajstić information content (AvgIpc) is 4.02. The molecule has 63 heavy (non-hydrogen) atoms. The molecule has 4 aromatic heterocycles. The van der Waals surface area contributed by atoms with E-state index in [9.17, 15) is 0 Å².